The maximum Gasteiger partial charge on any atom is 0.306 e. The van der Waals surface area contributed by atoms with Crippen molar-refractivity contribution in [1.29, 1.82) is 0 Å². The zero-order valence-electron chi connectivity index (χ0n) is 48.1. The van der Waals surface area contributed by atoms with Crippen molar-refractivity contribution in [3.63, 3.8) is 0 Å². The van der Waals surface area contributed by atoms with E-state index in [1.54, 1.807) is 0 Å². The molecule has 0 aromatic rings. The highest BCUT2D eigenvalue weighted by atomic mass is 16.7. The van der Waals surface area contributed by atoms with Gasteiger partial charge >= 0.3 is 5.97 Å². The predicted octanol–water partition coefficient (Wildman–Crippen LogP) is 16.9. The number of allylic oxidation sites excluding steroid dienone is 10. The third kappa shape index (κ3) is 45.0. The quantitative estimate of drug-likeness (QED) is 0.0267. The summed E-state index contributed by atoms with van der Waals surface area (Å²) in [5.41, 5.74) is 0. The van der Waals surface area contributed by atoms with E-state index in [0.29, 0.717) is 13.0 Å². The Labute approximate surface area is 455 Å². The Morgan fingerprint density at radius 3 is 1.18 bits per heavy atom. The van der Waals surface area contributed by atoms with E-state index < -0.39 is 43.4 Å². The van der Waals surface area contributed by atoms with E-state index in [0.717, 1.165) is 51.4 Å². The lowest BCUT2D eigenvalue weighted by Crippen LogP contribution is -2.59. The summed E-state index contributed by atoms with van der Waals surface area (Å²) in [4.78, 5) is 12.9. The summed E-state index contributed by atoms with van der Waals surface area (Å²) in [7, 11) is 0. The molecule has 0 aromatic heterocycles. The molecule has 0 radical (unpaired) electrons. The van der Waals surface area contributed by atoms with Crippen LogP contribution in [-0.4, -0.2) is 89.6 Å². The van der Waals surface area contributed by atoms with Gasteiger partial charge in [0.05, 0.1) is 19.8 Å². The molecule has 6 atom stereocenters. The highest BCUT2D eigenvalue weighted by Gasteiger charge is 2.44. The molecule has 0 aliphatic carbocycles. The van der Waals surface area contributed by atoms with Crippen molar-refractivity contribution in [3.05, 3.63) is 60.8 Å². The Morgan fingerprint density at radius 2 is 0.784 bits per heavy atom. The third-order valence-electron chi connectivity index (χ3n) is 14.4. The predicted molar refractivity (Wildman–Crippen MR) is 311 cm³/mol. The van der Waals surface area contributed by atoms with Crippen molar-refractivity contribution in [2.45, 2.75) is 320 Å². The van der Waals surface area contributed by atoms with Gasteiger partial charge in [0, 0.05) is 13.0 Å². The van der Waals surface area contributed by atoms with E-state index in [2.05, 4.69) is 74.6 Å². The number of rotatable bonds is 55. The molecule has 1 aliphatic rings. The molecule has 1 heterocycles. The van der Waals surface area contributed by atoms with Gasteiger partial charge in [0.15, 0.2) is 6.29 Å². The van der Waals surface area contributed by atoms with Gasteiger partial charge in [-0.15, -0.1) is 0 Å². The third-order valence-corrected chi connectivity index (χ3v) is 14.4. The molecule has 1 rings (SSSR count). The average Bonchev–Trinajstić information content (AvgIpc) is 3.40. The smallest absolute Gasteiger partial charge is 0.306 e. The zero-order valence-corrected chi connectivity index (χ0v) is 48.1. The van der Waals surface area contributed by atoms with Crippen LogP contribution in [0.25, 0.3) is 0 Å². The van der Waals surface area contributed by atoms with Gasteiger partial charge in [-0.05, 0) is 83.5 Å². The van der Waals surface area contributed by atoms with E-state index in [1.165, 1.54) is 212 Å². The molecule has 0 bridgehead atoms. The van der Waals surface area contributed by atoms with Crippen LogP contribution in [0.2, 0.25) is 0 Å². The highest BCUT2D eigenvalue weighted by molar-refractivity contribution is 5.69. The number of carbonyl (C=O) groups is 1. The summed E-state index contributed by atoms with van der Waals surface area (Å²) in [6, 6.07) is 0. The van der Waals surface area contributed by atoms with Crippen LogP contribution in [0.15, 0.2) is 60.8 Å². The fraction of sp³-hybridized carbons (Fsp3) is 0.831. The molecule has 0 saturated carbocycles. The Bertz CT molecular complexity index is 1330. The molecule has 0 spiro atoms. The second-order valence-electron chi connectivity index (χ2n) is 21.5. The minimum Gasteiger partial charge on any atom is -0.457 e. The van der Waals surface area contributed by atoms with Crippen LogP contribution in [0.1, 0.15) is 284 Å². The highest BCUT2D eigenvalue weighted by Crippen LogP contribution is 2.23. The number of aliphatic hydroxyl groups is 4. The molecule has 1 saturated heterocycles. The molecular weight excluding hydrogens is 925 g/mol. The molecule has 1 aliphatic heterocycles. The number of unbranched alkanes of at least 4 members (excludes halogenated alkanes) is 34. The first-order chi connectivity index (χ1) is 36.4. The second kappa shape index (κ2) is 55.6. The summed E-state index contributed by atoms with van der Waals surface area (Å²) in [6.07, 6.45) is 67.0. The Morgan fingerprint density at radius 1 is 0.432 bits per heavy atom. The van der Waals surface area contributed by atoms with Crippen LogP contribution in [-0.2, 0) is 23.7 Å². The van der Waals surface area contributed by atoms with Crippen LogP contribution in [0.4, 0.5) is 0 Å². The lowest BCUT2D eigenvalue weighted by molar-refractivity contribution is -0.305. The SMILES string of the molecule is CCCCCCC/C=C\C/C=C\C/C=C\CCCCCCCCCCCCCOCC(COC1OC(CO)C(O)C(O)C1O)OC(=O)CCCCCCCCCCCCCCC/C=C\C/C=C\CCCCCCC. The van der Waals surface area contributed by atoms with Gasteiger partial charge in [-0.25, -0.2) is 0 Å². The normalized spacial score (nSPS) is 18.9. The van der Waals surface area contributed by atoms with E-state index in [9.17, 15) is 25.2 Å². The lowest BCUT2D eigenvalue weighted by atomic mass is 9.99. The number of esters is 1. The fourth-order valence-corrected chi connectivity index (χ4v) is 9.53. The summed E-state index contributed by atoms with van der Waals surface area (Å²) in [5, 5.41) is 40.4. The minimum absolute atomic E-state index is 0.115. The lowest BCUT2D eigenvalue weighted by Gasteiger charge is -2.39. The molecule has 0 aromatic carbocycles. The summed E-state index contributed by atoms with van der Waals surface area (Å²) >= 11 is 0. The average molecular weight is 1040 g/mol. The molecule has 0 amide bonds. The first kappa shape index (κ1) is 69.9. The van der Waals surface area contributed by atoms with Crippen LogP contribution in [0.3, 0.4) is 0 Å². The summed E-state index contributed by atoms with van der Waals surface area (Å²) in [5.74, 6) is -0.312. The van der Waals surface area contributed by atoms with Crippen molar-refractivity contribution in [2.75, 3.05) is 26.4 Å². The van der Waals surface area contributed by atoms with E-state index in [-0.39, 0.29) is 19.2 Å². The molecule has 1 fully saturated rings. The monoisotopic (exact) mass is 1040 g/mol. The number of ether oxygens (including phenoxy) is 4. The minimum atomic E-state index is -1.54. The Kier molecular flexibility index (Phi) is 52.6. The maximum atomic E-state index is 12.9. The number of aliphatic hydroxyl groups excluding tert-OH is 4. The van der Waals surface area contributed by atoms with Crippen molar-refractivity contribution >= 4 is 5.97 Å². The van der Waals surface area contributed by atoms with Gasteiger partial charge < -0.3 is 39.4 Å². The van der Waals surface area contributed by atoms with Crippen LogP contribution in [0, 0.1) is 0 Å². The zero-order chi connectivity index (χ0) is 53.5. The molecule has 74 heavy (non-hydrogen) atoms. The van der Waals surface area contributed by atoms with Crippen molar-refractivity contribution in [3.8, 4) is 0 Å². The van der Waals surface area contributed by atoms with Crippen molar-refractivity contribution in [2.24, 2.45) is 0 Å². The molecule has 432 valence electrons. The summed E-state index contributed by atoms with van der Waals surface area (Å²) < 4.78 is 23.0. The van der Waals surface area contributed by atoms with Gasteiger partial charge in [0.25, 0.3) is 0 Å². The number of hydrogen-bond acceptors (Lipinski definition) is 9. The van der Waals surface area contributed by atoms with Crippen LogP contribution >= 0.6 is 0 Å². The number of hydrogen-bond donors (Lipinski definition) is 4. The fourth-order valence-electron chi connectivity index (χ4n) is 9.53. The van der Waals surface area contributed by atoms with Crippen molar-refractivity contribution < 1.29 is 44.2 Å². The first-order valence-electron chi connectivity index (χ1n) is 31.4. The number of carbonyl (C=O) groups excluding carboxylic acids is 1. The van der Waals surface area contributed by atoms with Crippen molar-refractivity contribution in [1.82, 2.24) is 0 Å². The van der Waals surface area contributed by atoms with Crippen LogP contribution in [0.5, 0.6) is 0 Å². The van der Waals surface area contributed by atoms with Gasteiger partial charge in [0.1, 0.15) is 30.5 Å². The Hall–Kier alpha value is -2.11. The maximum absolute atomic E-state index is 12.9. The molecule has 4 N–H and O–H groups in total. The molecular formula is C65H118O9. The largest absolute Gasteiger partial charge is 0.457 e. The van der Waals surface area contributed by atoms with E-state index in [1.807, 2.05) is 0 Å². The van der Waals surface area contributed by atoms with Crippen LogP contribution < -0.4 is 0 Å². The van der Waals surface area contributed by atoms with Gasteiger partial charge in [-0.2, -0.15) is 0 Å². The topological polar surface area (TPSA) is 135 Å². The Balaban J connectivity index is 2.13. The summed E-state index contributed by atoms with van der Waals surface area (Å²) in [6.45, 7) is 4.57. The van der Waals surface area contributed by atoms with Gasteiger partial charge in [-0.3, -0.25) is 4.79 Å². The van der Waals surface area contributed by atoms with E-state index in [4.69, 9.17) is 18.9 Å². The second-order valence-corrected chi connectivity index (χ2v) is 21.5. The van der Waals surface area contributed by atoms with Gasteiger partial charge in [0.2, 0.25) is 0 Å². The standard InChI is InChI=1S/C65H118O9/c1-3-5-7-9-11-13-15-17-19-21-23-25-27-29-31-33-35-37-39-41-43-45-47-49-51-53-55-71-57-59(58-72-65-64(70)63(69)62(68)60(56-66)74-65)73-61(67)54-52-50-48-46-44-42-40-38-36-34-32-30-28-26-24-22-20-18-16-14-12-10-8-6-4-2/h15-18,21-24,27,29,59-60,62-66,68-70H,3-14,19-20,25-26,28,30-58H2,1-2H3/b17-15-,18-16-,23-21-,24-22-,29-27-. The molecule has 6 unspecified atom stereocenters. The molecule has 9 nitrogen and oxygen atoms in total. The molecule has 9 heteroatoms. The first-order valence-corrected chi connectivity index (χ1v) is 31.4. The van der Waals surface area contributed by atoms with E-state index >= 15 is 0 Å². The van der Waals surface area contributed by atoms with Gasteiger partial charge in [-0.1, -0.05) is 254 Å².